The van der Waals surface area contributed by atoms with Gasteiger partial charge in [0, 0.05) is 10.8 Å². The summed E-state index contributed by atoms with van der Waals surface area (Å²) in [4.78, 5) is 18.0. The number of ether oxygens (including phenoxy) is 2. The van der Waals surface area contributed by atoms with Gasteiger partial charge in [0.15, 0.2) is 11.5 Å². The summed E-state index contributed by atoms with van der Waals surface area (Å²) in [5.41, 5.74) is 1.73. The first-order valence-corrected chi connectivity index (χ1v) is 10.6. The van der Waals surface area contributed by atoms with Gasteiger partial charge in [-0.05, 0) is 41.6 Å². The molecule has 30 heavy (non-hydrogen) atoms. The molecule has 2 heterocycles. The molecule has 0 bridgehead atoms. The van der Waals surface area contributed by atoms with Crippen molar-refractivity contribution in [3.8, 4) is 17.4 Å². The van der Waals surface area contributed by atoms with Crippen molar-refractivity contribution in [3.05, 3.63) is 77.3 Å². The molecule has 0 spiro atoms. The largest absolute Gasteiger partial charge is 0.493 e. The predicted molar refractivity (Wildman–Crippen MR) is 121 cm³/mol. The Morgan fingerprint density at radius 2 is 1.80 bits per heavy atom. The minimum Gasteiger partial charge on any atom is -0.493 e. The van der Waals surface area contributed by atoms with E-state index in [2.05, 4.69) is 29.4 Å². The van der Waals surface area contributed by atoms with Gasteiger partial charge in [0.2, 0.25) is 5.88 Å². The maximum Gasteiger partial charge on any atom is 0.266 e. The van der Waals surface area contributed by atoms with Gasteiger partial charge in [0.1, 0.15) is 0 Å². The lowest BCUT2D eigenvalue weighted by Crippen LogP contribution is -2.12. The highest BCUT2D eigenvalue weighted by atomic mass is 32.1. The number of aryl methyl sites for hydroxylation is 1. The summed E-state index contributed by atoms with van der Waals surface area (Å²) in [5, 5.41) is 4.12. The van der Waals surface area contributed by atoms with Crippen LogP contribution in [0.3, 0.4) is 0 Å². The van der Waals surface area contributed by atoms with E-state index < -0.39 is 0 Å². The maximum atomic E-state index is 13.0. The van der Waals surface area contributed by atoms with Gasteiger partial charge in [0.25, 0.3) is 5.91 Å². The quantitative estimate of drug-likeness (QED) is 0.382. The van der Waals surface area contributed by atoms with Crippen molar-refractivity contribution in [1.82, 2.24) is 4.98 Å². The van der Waals surface area contributed by atoms with Crippen molar-refractivity contribution < 1.29 is 14.3 Å². The molecule has 0 radical (unpaired) electrons. The smallest absolute Gasteiger partial charge is 0.266 e. The lowest BCUT2D eigenvalue weighted by Gasteiger charge is -2.10. The third kappa shape index (κ3) is 4.14. The van der Waals surface area contributed by atoms with Gasteiger partial charge in [0.05, 0.1) is 23.9 Å². The molecule has 4 rings (SSSR count). The summed E-state index contributed by atoms with van der Waals surface area (Å²) in [6, 6.07) is 19.0. The molecule has 0 saturated heterocycles. The lowest BCUT2D eigenvalue weighted by atomic mass is 10.1. The molecule has 0 aliphatic rings. The average molecular weight is 419 g/mol. The van der Waals surface area contributed by atoms with E-state index in [1.54, 1.807) is 25.4 Å². The minimum absolute atomic E-state index is 0.111. The van der Waals surface area contributed by atoms with Crippen molar-refractivity contribution in [2.45, 2.75) is 19.8 Å². The van der Waals surface area contributed by atoms with Crippen LogP contribution in [0, 0.1) is 0 Å². The Balaban J connectivity index is 1.52. The topological polar surface area (TPSA) is 60.5 Å². The van der Waals surface area contributed by atoms with E-state index in [0.717, 1.165) is 33.4 Å². The van der Waals surface area contributed by atoms with Crippen molar-refractivity contribution in [1.29, 1.82) is 0 Å². The van der Waals surface area contributed by atoms with Crippen LogP contribution in [0.5, 0.6) is 17.4 Å². The number of anilines is 1. The molecular weight excluding hydrogens is 396 g/mol. The van der Waals surface area contributed by atoms with Crippen LogP contribution in [0.1, 0.15) is 28.6 Å². The Labute approximate surface area is 179 Å². The molecule has 4 aromatic rings. The third-order valence-electron chi connectivity index (χ3n) is 4.68. The molecule has 0 fully saturated rings. The van der Waals surface area contributed by atoms with E-state index in [4.69, 9.17) is 9.47 Å². The van der Waals surface area contributed by atoms with Crippen LogP contribution in [0.2, 0.25) is 0 Å². The molecule has 0 aliphatic heterocycles. The van der Waals surface area contributed by atoms with Crippen LogP contribution in [0.4, 0.5) is 5.69 Å². The Morgan fingerprint density at radius 3 is 2.53 bits per heavy atom. The summed E-state index contributed by atoms with van der Waals surface area (Å²) in [6.45, 7) is 2.12. The summed E-state index contributed by atoms with van der Waals surface area (Å²) in [6.07, 6.45) is 3.45. The number of carbonyl (C=O) groups is 1. The number of pyridine rings is 1. The highest BCUT2D eigenvalue weighted by Gasteiger charge is 2.18. The van der Waals surface area contributed by atoms with Crippen LogP contribution < -0.4 is 14.8 Å². The zero-order chi connectivity index (χ0) is 20.9. The lowest BCUT2D eigenvalue weighted by molar-refractivity contribution is 0.102. The van der Waals surface area contributed by atoms with Gasteiger partial charge < -0.3 is 14.8 Å². The fourth-order valence-corrected chi connectivity index (χ4v) is 4.45. The molecule has 0 unspecified atom stereocenters. The molecule has 0 aliphatic carbocycles. The molecule has 6 heteroatoms. The van der Waals surface area contributed by atoms with Crippen molar-refractivity contribution in [2.75, 3.05) is 12.4 Å². The van der Waals surface area contributed by atoms with E-state index in [9.17, 15) is 4.79 Å². The van der Waals surface area contributed by atoms with E-state index in [-0.39, 0.29) is 5.91 Å². The number of nitrogens with zero attached hydrogens (tertiary/aromatic N) is 1. The van der Waals surface area contributed by atoms with E-state index in [1.165, 1.54) is 11.3 Å². The van der Waals surface area contributed by atoms with Gasteiger partial charge in [-0.3, -0.25) is 4.79 Å². The van der Waals surface area contributed by atoms with Gasteiger partial charge in [-0.25, -0.2) is 4.98 Å². The second-order valence-electron chi connectivity index (χ2n) is 6.75. The summed E-state index contributed by atoms with van der Waals surface area (Å²) >= 11 is 1.53. The number of amides is 1. The molecule has 5 nitrogen and oxygen atoms in total. The average Bonchev–Trinajstić information content (AvgIpc) is 3.14. The molecule has 1 N–H and O–H groups in total. The highest BCUT2D eigenvalue weighted by Crippen LogP contribution is 2.33. The summed E-state index contributed by atoms with van der Waals surface area (Å²) < 4.78 is 12.2. The molecule has 1 amide bonds. The number of para-hydroxylation sites is 2. The van der Waals surface area contributed by atoms with Crippen LogP contribution in [-0.2, 0) is 6.42 Å². The Bertz CT molecular complexity index is 1170. The monoisotopic (exact) mass is 418 g/mol. The summed E-state index contributed by atoms with van der Waals surface area (Å²) in [5.74, 6) is 1.52. The van der Waals surface area contributed by atoms with E-state index in [1.807, 2.05) is 36.4 Å². The number of thiophene rings is 1. The first-order chi connectivity index (χ1) is 14.7. The number of rotatable bonds is 7. The third-order valence-corrected chi connectivity index (χ3v) is 5.89. The fraction of sp³-hybridized carbons (Fsp3) is 0.167. The van der Waals surface area contributed by atoms with Crippen molar-refractivity contribution >= 4 is 33.0 Å². The van der Waals surface area contributed by atoms with Crippen LogP contribution in [0.15, 0.2) is 66.9 Å². The van der Waals surface area contributed by atoms with Crippen molar-refractivity contribution in [3.63, 3.8) is 0 Å². The number of hydrogen-bond donors (Lipinski definition) is 1. The molecule has 2 aromatic heterocycles. The number of carbonyl (C=O) groups excluding carboxylic acids is 1. The van der Waals surface area contributed by atoms with Crippen LogP contribution >= 0.6 is 11.3 Å². The maximum absolute atomic E-state index is 13.0. The zero-order valence-corrected chi connectivity index (χ0v) is 17.7. The Hall–Kier alpha value is -3.38. The van der Waals surface area contributed by atoms with E-state index in [0.29, 0.717) is 23.1 Å². The SMILES string of the molecule is CCCc1c(C(=O)Nc2ccc(Oc3ccccc3OC)nc2)sc2ccccc12. The normalized spacial score (nSPS) is 10.7. The van der Waals surface area contributed by atoms with Gasteiger partial charge in [-0.15, -0.1) is 11.3 Å². The van der Waals surface area contributed by atoms with Gasteiger partial charge in [-0.1, -0.05) is 43.7 Å². The van der Waals surface area contributed by atoms with E-state index >= 15 is 0 Å². The molecular formula is C24H22N2O3S. The molecule has 0 atom stereocenters. The molecule has 152 valence electrons. The number of fused-ring (bicyclic) bond motifs is 1. The highest BCUT2D eigenvalue weighted by molar-refractivity contribution is 7.21. The first-order valence-electron chi connectivity index (χ1n) is 9.78. The number of benzene rings is 2. The predicted octanol–water partition coefficient (Wildman–Crippen LogP) is 6.30. The van der Waals surface area contributed by atoms with Gasteiger partial charge in [-0.2, -0.15) is 0 Å². The fourth-order valence-electron chi connectivity index (χ4n) is 3.30. The Morgan fingerprint density at radius 1 is 1.03 bits per heavy atom. The Kier molecular flexibility index (Phi) is 5.95. The second-order valence-corrected chi connectivity index (χ2v) is 7.80. The standard InChI is InChI=1S/C24H22N2O3S/c1-3-8-18-17-9-4-7-12-21(17)30-23(18)24(27)26-16-13-14-22(25-15-16)29-20-11-6-5-10-19(20)28-2/h4-7,9-15H,3,8H2,1-2H3,(H,26,27). The number of aromatic nitrogens is 1. The number of hydrogen-bond acceptors (Lipinski definition) is 5. The van der Waals surface area contributed by atoms with Gasteiger partial charge >= 0.3 is 0 Å². The van der Waals surface area contributed by atoms with Crippen molar-refractivity contribution in [2.24, 2.45) is 0 Å². The van der Waals surface area contributed by atoms with Crippen LogP contribution in [-0.4, -0.2) is 18.0 Å². The van der Waals surface area contributed by atoms with Crippen LogP contribution in [0.25, 0.3) is 10.1 Å². The molecule has 0 saturated carbocycles. The number of nitrogens with one attached hydrogen (secondary N) is 1. The first kappa shape index (κ1) is 19.9. The zero-order valence-electron chi connectivity index (χ0n) is 16.8. The second kappa shape index (κ2) is 8.97. The minimum atomic E-state index is -0.111. The number of methoxy groups -OCH3 is 1. The molecule has 2 aromatic carbocycles. The summed E-state index contributed by atoms with van der Waals surface area (Å²) in [7, 11) is 1.59.